The SMILES string of the molecule is O=C(N[C@@H]1CO[C@H]2[C@@H]1OC[C@H]2O)c1ccc(O)cn1. The molecule has 0 aromatic carbocycles. The number of rotatable bonds is 2. The van der Waals surface area contributed by atoms with Crippen LogP contribution in [-0.2, 0) is 9.47 Å². The molecule has 0 radical (unpaired) electrons. The Labute approximate surface area is 109 Å². The van der Waals surface area contributed by atoms with E-state index in [2.05, 4.69) is 10.3 Å². The van der Waals surface area contributed by atoms with Gasteiger partial charge in [0.1, 0.15) is 29.8 Å². The molecule has 0 spiro atoms. The maximum atomic E-state index is 12.0. The van der Waals surface area contributed by atoms with Crippen molar-refractivity contribution in [2.75, 3.05) is 13.2 Å². The van der Waals surface area contributed by atoms with Gasteiger partial charge in [0.05, 0.1) is 25.5 Å². The van der Waals surface area contributed by atoms with E-state index >= 15 is 0 Å². The molecule has 0 aliphatic carbocycles. The van der Waals surface area contributed by atoms with E-state index in [9.17, 15) is 9.90 Å². The fourth-order valence-electron chi connectivity index (χ4n) is 2.37. The first-order chi connectivity index (χ1) is 9.15. The lowest BCUT2D eigenvalue weighted by molar-refractivity contribution is 0.0178. The largest absolute Gasteiger partial charge is 0.506 e. The van der Waals surface area contributed by atoms with Crippen LogP contribution >= 0.6 is 0 Å². The topological polar surface area (TPSA) is 101 Å². The molecule has 7 heteroatoms. The fraction of sp³-hybridized carbons (Fsp3) is 0.500. The van der Waals surface area contributed by atoms with E-state index < -0.39 is 6.10 Å². The quantitative estimate of drug-likeness (QED) is 0.637. The van der Waals surface area contributed by atoms with Gasteiger partial charge in [-0.2, -0.15) is 0 Å². The van der Waals surface area contributed by atoms with E-state index in [-0.39, 0.29) is 42.2 Å². The molecule has 2 aliphatic rings. The number of nitrogens with one attached hydrogen (secondary N) is 1. The zero-order valence-electron chi connectivity index (χ0n) is 10.0. The van der Waals surface area contributed by atoms with Gasteiger partial charge in [0, 0.05) is 0 Å². The van der Waals surface area contributed by atoms with Gasteiger partial charge < -0.3 is 25.0 Å². The second kappa shape index (κ2) is 4.76. The summed E-state index contributed by atoms with van der Waals surface area (Å²) in [6, 6.07) is 2.53. The van der Waals surface area contributed by atoms with Gasteiger partial charge in [0.15, 0.2) is 0 Å². The maximum Gasteiger partial charge on any atom is 0.270 e. The van der Waals surface area contributed by atoms with Gasteiger partial charge >= 0.3 is 0 Å². The minimum atomic E-state index is -0.640. The number of aromatic hydroxyl groups is 1. The zero-order valence-corrected chi connectivity index (χ0v) is 10.0. The summed E-state index contributed by atoms with van der Waals surface area (Å²) in [4.78, 5) is 15.8. The molecule has 102 valence electrons. The third-order valence-electron chi connectivity index (χ3n) is 3.32. The summed E-state index contributed by atoms with van der Waals surface area (Å²) in [5, 5.41) is 21.5. The number of fused-ring (bicyclic) bond motifs is 1. The number of carbonyl (C=O) groups is 1. The van der Waals surface area contributed by atoms with E-state index in [4.69, 9.17) is 14.6 Å². The normalized spacial score (nSPS) is 33.1. The van der Waals surface area contributed by atoms with E-state index in [0.29, 0.717) is 6.61 Å². The monoisotopic (exact) mass is 266 g/mol. The van der Waals surface area contributed by atoms with E-state index in [1.165, 1.54) is 18.3 Å². The Bertz CT molecular complexity index is 478. The summed E-state index contributed by atoms with van der Waals surface area (Å²) >= 11 is 0. The van der Waals surface area contributed by atoms with Gasteiger partial charge in [-0.1, -0.05) is 0 Å². The molecular weight excluding hydrogens is 252 g/mol. The molecule has 1 aromatic rings. The van der Waals surface area contributed by atoms with Crippen LogP contribution in [0.15, 0.2) is 18.3 Å². The molecule has 0 unspecified atom stereocenters. The van der Waals surface area contributed by atoms with Gasteiger partial charge in [0.25, 0.3) is 5.91 Å². The van der Waals surface area contributed by atoms with E-state index in [0.717, 1.165) is 0 Å². The highest BCUT2D eigenvalue weighted by atomic mass is 16.6. The second-order valence-corrected chi connectivity index (χ2v) is 4.64. The Hall–Kier alpha value is -1.70. The fourth-order valence-corrected chi connectivity index (χ4v) is 2.37. The number of hydrogen-bond acceptors (Lipinski definition) is 6. The molecule has 3 heterocycles. The van der Waals surface area contributed by atoms with Crippen molar-refractivity contribution < 1.29 is 24.5 Å². The van der Waals surface area contributed by atoms with Crippen molar-refractivity contribution in [1.82, 2.24) is 10.3 Å². The lowest BCUT2D eigenvalue weighted by atomic mass is 10.1. The number of ether oxygens (including phenoxy) is 2. The Balaban J connectivity index is 1.66. The summed E-state index contributed by atoms with van der Waals surface area (Å²) in [6.45, 7) is 0.523. The predicted molar refractivity (Wildman–Crippen MR) is 62.6 cm³/mol. The highest BCUT2D eigenvalue weighted by Gasteiger charge is 2.47. The molecule has 2 fully saturated rings. The second-order valence-electron chi connectivity index (χ2n) is 4.64. The van der Waals surface area contributed by atoms with Crippen LogP contribution in [0.3, 0.4) is 0 Å². The number of aromatic nitrogens is 1. The first-order valence-electron chi connectivity index (χ1n) is 6.02. The van der Waals surface area contributed by atoms with Gasteiger partial charge in [-0.25, -0.2) is 4.98 Å². The summed E-state index contributed by atoms with van der Waals surface area (Å²) in [5.41, 5.74) is 0.208. The van der Waals surface area contributed by atoms with Gasteiger partial charge in [-0.05, 0) is 12.1 Å². The number of nitrogens with zero attached hydrogens (tertiary/aromatic N) is 1. The molecule has 0 bridgehead atoms. The maximum absolute atomic E-state index is 12.0. The summed E-state index contributed by atoms with van der Waals surface area (Å²) in [7, 11) is 0. The summed E-state index contributed by atoms with van der Waals surface area (Å²) < 4.78 is 10.8. The molecule has 7 nitrogen and oxygen atoms in total. The van der Waals surface area contributed by atoms with Crippen LogP contribution < -0.4 is 5.32 Å². The molecule has 1 aromatic heterocycles. The molecule has 2 aliphatic heterocycles. The van der Waals surface area contributed by atoms with Crippen LogP contribution in [0.4, 0.5) is 0 Å². The Morgan fingerprint density at radius 1 is 1.32 bits per heavy atom. The molecule has 19 heavy (non-hydrogen) atoms. The number of hydrogen-bond donors (Lipinski definition) is 3. The lowest BCUT2D eigenvalue weighted by Crippen LogP contribution is -2.44. The number of aliphatic hydroxyl groups is 1. The first kappa shape index (κ1) is 12.3. The van der Waals surface area contributed by atoms with Crippen molar-refractivity contribution in [1.29, 1.82) is 0 Å². The van der Waals surface area contributed by atoms with Crippen molar-refractivity contribution >= 4 is 5.91 Å². The average Bonchev–Trinajstić information content (AvgIpc) is 2.95. The number of carbonyl (C=O) groups excluding carboxylic acids is 1. The summed E-state index contributed by atoms with van der Waals surface area (Å²) in [5.74, 6) is -0.359. The van der Waals surface area contributed by atoms with Crippen LogP contribution in [-0.4, -0.2) is 58.7 Å². The average molecular weight is 266 g/mol. The first-order valence-corrected chi connectivity index (χ1v) is 6.02. The van der Waals surface area contributed by atoms with Gasteiger partial charge in [0.2, 0.25) is 0 Å². The van der Waals surface area contributed by atoms with Crippen LogP contribution in [0.25, 0.3) is 0 Å². The van der Waals surface area contributed by atoms with Crippen molar-refractivity contribution in [3.05, 3.63) is 24.0 Å². The van der Waals surface area contributed by atoms with Crippen molar-refractivity contribution in [2.45, 2.75) is 24.4 Å². The van der Waals surface area contributed by atoms with Crippen LogP contribution in [0.2, 0.25) is 0 Å². The van der Waals surface area contributed by atoms with Crippen LogP contribution in [0, 0.1) is 0 Å². The minimum Gasteiger partial charge on any atom is -0.506 e. The zero-order chi connectivity index (χ0) is 13.4. The molecule has 3 N–H and O–H groups in total. The third-order valence-corrected chi connectivity index (χ3v) is 3.32. The van der Waals surface area contributed by atoms with E-state index in [1.54, 1.807) is 0 Å². The molecule has 2 saturated heterocycles. The van der Waals surface area contributed by atoms with Crippen molar-refractivity contribution in [2.24, 2.45) is 0 Å². The minimum absolute atomic E-state index is 0.00284. The standard InChI is InChI=1S/C12H14N2O5/c15-6-1-2-7(13-3-6)12(17)14-8-4-18-11-9(16)5-19-10(8)11/h1-3,8-11,15-16H,4-5H2,(H,14,17)/t8-,9-,10-,11-/m1/s1. The van der Waals surface area contributed by atoms with Crippen LogP contribution in [0.5, 0.6) is 5.75 Å². The smallest absolute Gasteiger partial charge is 0.270 e. The van der Waals surface area contributed by atoms with Crippen LogP contribution in [0.1, 0.15) is 10.5 Å². The molecular formula is C12H14N2O5. The highest BCUT2D eigenvalue weighted by Crippen LogP contribution is 2.27. The van der Waals surface area contributed by atoms with Gasteiger partial charge in [-0.15, -0.1) is 0 Å². The number of amides is 1. The van der Waals surface area contributed by atoms with Crippen molar-refractivity contribution in [3.63, 3.8) is 0 Å². The Morgan fingerprint density at radius 3 is 2.84 bits per heavy atom. The van der Waals surface area contributed by atoms with E-state index in [1.807, 2.05) is 0 Å². The van der Waals surface area contributed by atoms with Gasteiger partial charge in [-0.3, -0.25) is 4.79 Å². The Morgan fingerprint density at radius 2 is 2.11 bits per heavy atom. The molecule has 4 atom stereocenters. The third kappa shape index (κ3) is 2.27. The van der Waals surface area contributed by atoms with Crippen molar-refractivity contribution in [3.8, 4) is 5.75 Å². The number of pyridine rings is 1. The predicted octanol–water partition coefficient (Wildman–Crippen LogP) is -0.956. The highest BCUT2D eigenvalue weighted by molar-refractivity contribution is 5.92. The molecule has 1 amide bonds. The number of aliphatic hydroxyl groups excluding tert-OH is 1. The molecule has 3 rings (SSSR count). The Kier molecular flexibility index (Phi) is 3.09. The molecule has 0 saturated carbocycles. The lowest BCUT2D eigenvalue weighted by Gasteiger charge is -2.17. The summed E-state index contributed by atoms with van der Waals surface area (Å²) in [6.07, 6.45) is -0.133.